The molecular weight excluding hydrogens is 380 g/mol. The topological polar surface area (TPSA) is 62.2 Å². The van der Waals surface area contributed by atoms with Crippen LogP contribution < -0.4 is 9.47 Å². The molecule has 1 N–H and O–H groups in total. The molecule has 166 valence electrons. The molecule has 1 aliphatic carbocycles. The van der Waals surface area contributed by atoms with Crippen LogP contribution in [0.4, 0.5) is 0 Å². The minimum atomic E-state index is -0.111. The molecule has 1 aromatic rings. The van der Waals surface area contributed by atoms with Crippen LogP contribution in [-0.2, 0) is 0 Å². The molecule has 1 amide bonds. The largest absolute Gasteiger partial charge is 0.497 e. The first-order valence-corrected chi connectivity index (χ1v) is 11.7. The average Bonchev–Trinajstić information content (AvgIpc) is 3.34. The molecule has 0 bridgehead atoms. The first-order chi connectivity index (χ1) is 14.7. The highest BCUT2D eigenvalue weighted by Gasteiger charge is 2.31. The van der Waals surface area contributed by atoms with Crippen LogP contribution >= 0.6 is 0 Å². The van der Waals surface area contributed by atoms with Gasteiger partial charge >= 0.3 is 0 Å². The van der Waals surface area contributed by atoms with Crippen molar-refractivity contribution in [1.29, 1.82) is 0 Å². The van der Waals surface area contributed by atoms with E-state index in [-0.39, 0.29) is 24.7 Å². The van der Waals surface area contributed by atoms with E-state index in [2.05, 4.69) is 4.90 Å². The van der Waals surface area contributed by atoms with Gasteiger partial charge in [0.15, 0.2) is 0 Å². The summed E-state index contributed by atoms with van der Waals surface area (Å²) in [5.74, 6) is 1.23. The highest BCUT2D eigenvalue weighted by atomic mass is 16.5. The molecule has 2 saturated heterocycles. The summed E-state index contributed by atoms with van der Waals surface area (Å²) in [7, 11) is 1.61. The van der Waals surface area contributed by atoms with Gasteiger partial charge in [0.05, 0.1) is 25.3 Å². The van der Waals surface area contributed by atoms with Gasteiger partial charge in [-0.1, -0.05) is 12.8 Å². The van der Waals surface area contributed by atoms with Crippen molar-refractivity contribution < 1.29 is 19.4 Å². The van der Waals surface area contributed by atoms with Crippen molar-refractivity contribution in [3.63, 3.8) is 0 Å². The van der Waals surface area contributed by atoms with Gasteiger partial charge in [0.25, 0.3) is 5.91 Å². The van der Waals surface area contributed by atoms with Gasteiger partial charge in [-0.2, -0.15) is 0 Å². The van der Waals surface area contributed by atoms with Crippen LogP contribution in [0, 0.1) is 0 Å². The summed E-state index contributed by atoms with van der Waals surface area (Å²) in [6.07, 6.45) is 10.4. The van der Waals surface area contributed by atoms with Crippen molar-refractivity contribution in [3.8, 4) is 11.5 Å². The summed E-state index contributed by atoms with van der Waals surface area (Å²) in [6.45, 7) is 2.84. The second-order valence-corrected chi connectivity index (χ2v) is 8.98. The van der Waals surface area contributed by atoms with E-state index in [1.54, 1.807) is 13.2 Å². The summed E-state index contributed by atoms with van der Waals surface area (Å²) < 4.78 is 11.8. The lowest BCUT2D eigenvalue weighted by Crippen LogP contribution is -2.46. The fourth-order valence-electron chi connectivity index (χ4n) is 5.33. The first-order valence-electron chi connectivity index (χ1n) is 11.7. The Morgan fingerprint density at radius 2 is 1.77 bits per heavy atom. The Hall–Kier alpha value is -1.79. The number of rotatable bonds is 6. The molecule has 6 nitrogen and oxygen atoms in total. The van der Waals surface area contributed by atoms with Crippen LogP contribution in [0.1, 0.15) is 68.1 Å². The highest BCUT2D eigenvalue weighted by Crippen LogP contribution is 2.32. The quantitative estimate of drug-likeness (QED) is 0.769. The molecule has 3 aliphatic rings. The summed E-state index contributed by atoms with van der Waals surface area (Å²) in [5, 5.41) is 9.75. The summed E-state index contributed by atoms with van der Waals surface area (Å²) in [6, 6.07) is 6.17. The molecule has 1 aromatic carbocycles. The SMILES string of the molecule is COc1ccc(OC2CCN(C3CCCC3)CC2)c(C(=O)N2CCCC[C@H]2CO)c1. The normalized spacial score (nSPS) is 24.2. The Morgan fingerprint density at radius 1 is 1.03 bits per heavy atom. The zero-order valence-corrected chi connectivity index (χ0v) is 18.2. The molecule has 1 saturated carbocycles. The van der Waals surface area contributed by atoms with Crippen molar-refractivity contribution in [2.45, 2.75) is 76.0 Å². The maximum absolute atomic E-state index is 13.4. The smallest absolute Gasteiger partial charge is 0.258 e. The number of piperidine rings is 2. The number of likely N-dealkylation sites (tertiary alicyclic amines) is 2. The second kappa shape index (κ2) is 10.0. The lowest BCUT2D eigenvalue weighted by molar-refractivity contribution is 0.0485. The van der Waals surface area contributed by atoms with Gasteiger partial charge < -0.3 is 24.4 Å². The third-order valence-corrected chi connectivity index (χ3v) is 7.13. The van der Waals surface area contributed by atoms with E-state index in [1.165, 1.54) is 25.7 Å². The number of carbonyl (C=O) groups excluding carboxylic acids is 1. The predicted octanol–water partition coefficient (Wildman–Crippen LogP) is 3.47. The number of hydrogen-bond acceptors (Lipinski definition) is 5. The minimum absolute atomic E-state index is 0.00548. The molecule has 30 heavy (non-hydrogen) atoms. The third kappa shape index (κ3) is 4.75. The molecule has 1 atom stereocenters. The fraction of sp³-hybridized carbons (Fsp3) is 0.708. The average molecular weight is 417 g/mol. The number of aliphatic hydroxyl groups is 1. The zero-order valence-electron chi connectivity index (χ0n) is 18.2. The number of amides is 1. The van der Waals surface area contributed by atoms with Crippen molar-refractivity contribution in [2.24, 2.45) is 0 Å². The van der Waals surface area contributed by atoms with Crippen molar-refractivity contribution >= 4 is 5.91 Å². The third-order valence-electron chi connectivity index (χ3n) is 7.13. The van der Waals surface area contributed by atoms with E-state index in [0.717, 1.165) is 51.2 Å². The Kier molecular flexibility index (Phi) is 7.16. The second-order valence-electron chi connectivity index (χ2n) is 8.98. The number of nitrogens with zero attached hydrogens (tertiary/aromatic N) is 2. The van der Waals surface area contributed by atoms with E-state index < -0.39 is 0 Å². The van der Waals surface area contributed by atoms with Gasteiger partial charge in [0.2, 0.25) is 0 Å². The summed E-state index contributed by atoms with van der Waals surface area (Å²) >= 11 is 0. The van der Waals surface area contributed by atoms with Gasteiger partial charge in [-0.3, -0.25) is 4.79 Å². The van der Waals surface area contributed by atoms with Crippen molar-refractivity contribution in [3.05, 3.63) is 23.8 Å². The molecule has 0 aromatic heterocycles. The monoisotopic (exact) mass is 416 g/mol. The van der Waals surface area contributed by atoms with Gasteiger partial charge in [0.1, 0.15) is 17.6 Å². The Labute approximate surface area is 180 Å². The number of methoxy groups -OCH3 is 1. The predicted molar refractivity (Wildman–Crippen MR) is 116 cm³/mol. The van der Waals surface area contributed by atoms with E-state index >= 15 is 0 Å². The van der Waals surface area contributed by atoms with Gasteiger partial charge in [-0.15, -0.1) is 0 Å². The number of benzene rings is 1. The van der Waals surface area contributed by atoms with Crippen LogP contribution in [0.15, 0.2) is 18.2 Å². The van der Waals surface area contributed by atoms with Gasteiger partial charge in [0, 0.05) is 25.7 Å². The van der Waals surface area contributed by atoms with Crippen LogP contribution in [0.2, 0.25) is 0 Å². The van der Waals surface area contributed by atoms with Crippen LogP contribution in [0.5, 0.6) is 11.5 Å². The van der Waals surface area contributed by atoms with Crippen LogP contribution in [-0.4, -0.2) is 72.4 Å². The van der Waals surface area contributed by atoms with E-state index in [4.69, 9.17) is 9.47 Å². The Bertz CT molecular complexity index is 711. The van der Waals surface area contributed by atoms with Gasteiger partial charge in [-0.25, -0.2) is 0 Å². The molecule has 0 unspecified atom stereocenters. The molecular formula is C24H36N2O4. The number of hydrogen-bond donors (Lipinski definition) is 1. The maximum Gasteiger partial charge on any atom is 0.258 e. The first kappa shape index (κ1) is 21.4. The van der Waals surface area contributed by atoms with E-state index in [1.807, 2.05) is 17.0 Å². The van der Waals surface area contributed by atoms with Crippen molar-refractivity contribution in [1.82, 2.24) is 9.80 Å². The number of aliphatic hydroxyl groups excluding tert-OH is 1. The maximum atomic E-state index is 13.4. The Morgan fingerprint density at radius 3 is 2.47 bits per heavy atom. The molecule has 6 heteroatoms. The number of ether oxygens (including phenoxy) is 2. The summed E-state index contributed by atoms with van der Waals surface area (Å²) in [4.78, 5) is 17.8. The lowest BCUT2D eigenvalue weighted by Gasteiger charge is -2.37. The molecule has 2 heterocycles. The standard InChI is InChI=1S/C24H36N2O4/c1-29-21-9-10-23(22(16-21)24(28)26-13-5-4-8-19(26)17-27)30-20-11-14-25(15-12-20)18-6-2-3-7-18/h9-10,16,18-20,27H,2-8,11-15,17H2,1H3/t19-/m0/s1. The van der Waals surface area contributed by atoms with Crippen LogP contribution in [0.3, 0.4) is 0 Å². The molecule has 0 radical (unpaired) electrons. The molecule has 2 aliphatic heterocycles. The Balaban J connectivity index is 1.46. The lowest BCUT2D eigenvalue weighted by atomic mass is 10.0. The van der Waals surface area contributed by atoms with Crippen LogP contribution in [0.25, 0.3) is 0 Å². The fourth-order valence-corrected chi connectivity index (χ4v) is 5.33. The summed E-state index contributed by atoms with van der Waals surface area (Å²) in [5.41, 5.74) is 0.549. The highest BCUT2D eigenvalue weighted by molar-refractivity contribution is 5.97. The molecule has 4 rings (SSSR count). The minimum Gasteiger partial charge on any atom is -0.497 e. The van der Waals surface area contributed by atoms with E-state index in [0.29, 0.717) is 23.6 Å². The zero-order chi connectivity index (χ0) is 20.9. The van der Waals surface area contributed by atoms with E-state index in [9.17, 15) is 9.90 Å². The molecule has 3 fully saturated rings. The molecule has 0 spiro atoms. The van der Waals surface area contributed by atoms with Gasteiger partial charge in [-0.05, 0) is 63.1 Å². The van der Waals surface area contributed by atoms with Crippen molar-refractivity contribution in [2.75, 3.05) is 33.4 Å². The number of carbonyl (C=O) groups is 1.